The molecule has 1 aromatic carbocycles. The number of rotatable bonds is 3. The number of aromatic nitrogens is 2. The molecular weight excluding hydrogens is 290 g/mol. The van der Waals surface area contributed by atoms with Gasteiger partial charge in [-0.1, -0.05) is 12.1 Å². The van der Waals surface area contributed by atoms with Gasteiger partial charge in [0.1, 0.15) is 12.1 Å². The van der Waals surface area contributed by atoms with Gasteiger partial charge in [-0.25, -0.2) is 9.97 Å². The van der Waals surface area contributed by atoms with Gasteiger partial charge in [-0.15, -0.1) is 0 Å². The van der Waals surface area contributed by atoms with E-state index in [9.17, 15) is 4.79 Å². The van der Waals surface area contributed by atoms with Gasteiger partial charge in [0.25, 0.3) is 5.91 Å². The Morgan fingerprint density at radius 2 is 2.13 bits per heavy atom. The van der Waals surface area contributed by atoms with Crippen LogP contribution in [0.5, 0.6) is 0 Å². The lowest BCUT2D eigenvalue weighted by atomic mass is 10.1. The van der Waals surface area contributed by atoms with Crippen molar-refractivity contribution in [3.05, 3.63) is 42.2 Å². The molecule has 1 aromatic heterocycles. The summed E-state index contributed by atoms with van der Waals surface area (Å²) in [6.07, 6.45) is 2.45. The summed E-state index contributed by atoms with van der Waals surface area (Å²) >= 11 is 0. The highest BCUT2D eigenvalue weighted by molar-refractivity contribution is 5.95. The van der Waals surface area contributed by atoms with Crippen molar-refractivity contribution in [2.75, 3.05) is 32.9 Å². The van der Waals surface area contributed by atoms with Crippen LogP contribution in [0.1, 0.15) is 16.8 Å². The van der Waals surface area contributed by atoms with Gasteiger partial charge in [0.15, 0.2) is 0 Å². The first-order valence-electron chi connectivity index (χ1n) is 7.68. The second-order valence-electron chi connectivity index (χ2n) is 6.07. The third kappa shape index (κ3) is 3.32. The molecule has 0 saturated carbocycles. The third-order valence-corrected chi connectivity index (χ3v) is 4.27. The molecule has 1 saturated heterocycles. The number of anilines is 1. The molecule has 120 valence electrons. The van der Waals surface area contributed by atoms with Gasteiger partial charge in [-0.05, 0) is 32.6 Å². The second-order valence-corrected chi connectivity index (χ2v) is 6.07. The van der Waals surface area contributed by atoms with Gasteiger partial charge in [0, 0.05) is 36.3 Å². The number of likely N-dealkylation sites (N-methyl/N-ethyl adjacent to an activating group) is 1. The van der Waals surface area contributed by atoms with Crippen LogP contribution in [0.15, 0.2) is 36.7 Å². The highest BCUT2D eigenvalue weighted by Crippen LogP contribution is 2.22. The molecule has 1 amide bonds. The predicted molar refractivity (Wildman–Crippen MR) is 89.9 cm³/mol. The number of benzene rings is 1. The maximum atomic E-state index is 12.7. The normalized spacial score (nSPS) is 17.7. The third-order valence-electron chi connectivity index (χ3n) is 4.27. The monoisotopic (exact) mass is 311 g/mol. The summed E-state index contributed by atoms with van der Waals surface area (Å²) in [4.78, 5) is 24.9. The Morgan fingerprint density at radius 1 is 1.30 bits per heavy atom. The number of hydrogen-bond donors (Lipinski definition) is 1. The number of nitrogen functional groups attached to an aromatic ring is 1. The van der Waals surface area contributed by atoms with Crippen molar-refractivity contribution in [3.63, 3.8) is 0 Å². The van der Waals surface area contributed by atoms with E-state index in [0.29, 0.717) is 17.4 Å². The molecule has 6 nitrogen and oxygen atoms in total. The van der Waals surface area contributed by atoms with E-state index in [1.54, 1.807) is 6.07 Å². The zero-order valence-corrected chi connectivity index (χ0v) is 13.4. The average Bonchev–Trinajstić information content (AvgIpc) is 3.04. The van der Waals surface area contributed by atoms with Gasteiger partial charge in [0.05, 0.1) is 5.69 Å². The van der Waals surface area contributed by atoms with Crippen LogP contribution in [0.2, 0.25) is 0 Å². The second kappa shape index (κ2) is 6.34. The minimum absolute atomic E-state index is 0.0678. The maximum absolute atomic E-state index is 12.7. The molecule has 0 spiro atoms. The van der Waals surface area contributed by atoms with E-state index >= 15 is 0 Å². The molecule has 0 radical (unpaired) electrons. The largest absolute Gasteiger partial charge is 0.384 e. The van der Waals surface area contributed by atoms with Crippen molar-refractivity contribution in [2.45, 2.75) is 12.5 Å². The Morgan fingerprint density at radius 3 is 2.83 bits per heavy atom. The molecule has 2 heterocycles. The number of hydrogen-bond acceptors (Lipinski definition) is 5. The van der Waals surface area contributed by atoms with Crippen LogP contribution in [0, 0.1) is 0 Å². The summed E-state index contributed by atoms with van der Waals surface area (Å²) in [5.41, 5.74) is 7.98. The van der Waals surface area contributed by atoms with Gasteiger partial charge in [-0.3, -0.25) is 4.79 Å². The zero-order valence-electron chi connectivity index (χ0n) is 13.4. The predicted octanol–water partition coefficient (Wildman–Crippen LogP) is 1.50. The lowest BCUT2D eigenvalue weighted by Gasteiger charge is -2.20. The minimum atomic E-state index is 0.0678. The molecule has 23 heavy (non-hydrogen) atoms. The van der Waals surface area contributed by atoms with Gasteiger partial charge >= 0.3 is 0 Å². The smallest absolute Gasteiger partial charge is 0.253 e. The fourth-order valence-electron chi connectivity index (χ4n) is 2.87. The molecule has 3 rings (SSSR count). The van der Waals surface area contributed by atoms with Gasteiger partial charge in [-0.2, -0.15) is 0 Å². The summed E-state index contributed by atoms with van der Waals surface area (Å²) < 4.78 is 0. The van der Waals surface area contributed by atoms with Crippen LogP contribution in [0.25, 0.3) is 11.3 Å². The van der Waals surface area contributed by atoms with Crippen molar-refractivity contribution in [1.29, 1.82) is 0 Å². The lowest BCUT2D eigenvalue weighted by Crippen LogP contribution is -2.34. The molecule has 2 N–H and O–H groups in total. The summed E-state index contributed by atoms with van der Waals surface area (Å²) in [6, 6.07) is 9.66. The molecule has 1 fully saturated rings. The standard InChI is InChI=1S/C17H21N5O/c1-21(2)14-6-7-22(10-14)17(23)13-5-3-4-12(8-13)15-9-16(18)20-11-19-15/h3-5,8-9,11,14H,6-7,10H2,1-2H3,(H2,18,19,20)/t14-/m1/s1. The SMILES string of the molecule is CN(C)[C@@H]1CCN(C(=O)c2cccc(-c3cc(N)ncn3)c2)C1. The molecule has 6 heteroatoms. The molecule has 0 aliphatic carbocycles. The Labute approximate surface area is 135 Å². The fraction of sp³-hybridized carbons (Fsp3) is 0.353. The molecule has 1 aliphatic rings. The van der Waals surface area contributed by atoms with Gasteiger partial charge in [0.2, 0.25) is 0 Å². The zero-order chi connectivity index (χ0) is 16.4. The molecule has 0 unspecified atom stereocenters. The fourth-order valence-corrected chi connectivity index (χ4v) is 2.87. The first kappa shape index (κ1) is 15.4. The van der Waals surface area contributed by atoms with Crippen molar-refractivity contribution < 1.29 is 4.79 Å². The first-order chi connectivity index (χ1) is 11.0. The highest BCUT2D eigenvalue weighted by atomic mass is 16.2. The van der Waals surface area contributed by atoms with Crippen molar-refractivity contribution in [1.82, 2.24) is 19.8 Å². The average molecular weight is 311 g/mol. The Balaban J connectivity index is 1.81. The summed E-state index contributed by atoms with van der Waals surface area (Å²) in [7, 11) is 4.11. The number of carbonyl (C=O) groups excluding carboxylic acids is 1. The summed E-state index contributed by atoms with van der Waals surface area (Å²) in [6.45, 7) is 1.57. The van der Waals surface area contributed by atoms with E-state index in [2.05, 4.69) is 29.0 Å². The lowest BCUT2D eigenvalue weighted by molar-refractivity contribution is 0.0783. The minimum Gasteiger partial charge on any atom is -0.384 e. The van der Waals surface area contributed by atoms with Crippen LogP contribution >= 0.6 is 0 Å². The van der Waals surface area contributed by atoms with Crippen LogP contribution in [0.4, 0.5) is 5.82 Å². The van der Waals surface area contributed by atoms with Crippen LogP contribution in [-0.4, -0.2) is 58.9 Å². The van der Waals surface area contributed by atoms with Gasteiger partial charge < -0.3 is 15.5 Å². The molecule has 2 aromatic rings. The van der Waals surface area contributed by atoms with Crippen molar-refractivity contribution in [3.8, 4) is 11.3 Å². The quantitative estimate of drug-likeness (QED) is 0.930. The Hall–Kier alpha value is -2.47. The number of carbonyl (C=O) groups is 1. The van der Waals surface area contributed by atoms with E-state index in [1.807, 2.05) is 29.2 Å². The van der Waals surface area contributed by atoms with E-state index in [-0.39, 0.29) is 5.91 Å². The summed E-state index contributed by atoms with van der Waals surface area (Å²) in [5.74, 6) is 0.485. The first-order valence-corrected chi connectivity index (χ1v) is 7.68. The maximum Gasteiger partial charge on any atom is 0.253 e. The van der Waals surface area contributed by atoms with Crippen molar-refractivity contribution >= 4 is 11.7 Å². The van der Waals surface area contributed by atoms with Crippen LogP contribution in [0.3, 0.4) is 0 Å². The van der Waals surface area contributed by atoms with Crippen LogP contribution < -0.4 is 5.73 Å². The summed E-state index contributed by atoms with van der Waals surface area (Å²) in [5, 5.41) is 0. The molecule has 1 aliphatic heterocycles. The van der Waals surface area contributed by atoms with E-state index in [4.69, 9.17) is 5.73 Å². The highest BCUT2D eigenvalue weighted by Gasteiger charge is 2.28. The number of nitrogens with two attached hydrogens (primary N) is 1. The number of nitrogens with zero attached hydrogens (tertiary/aromatic N) is 4. The molecular formula is C17H21N5O. The van der Waals surface area contributed by atoms with E-state index in [0.717, 1.165) is 30.8 Å². The molecule has 0 bridgehead atoms. The van der Waals surface area contributed by atoms with E-state index in [1.165, 1.54) is 6.33 Å². The Bertz CT molecular complexity index is 716. The van der Waals surface area contributed by atoms with E-state index < -0.39 is 0 Å². The molecule has 1 atom stereocenters. The number of amides is 1. The number of likely N-dealkylation sites (tertiary alicyclic amines) is 1. The van der Waals surface area contributed by atoms with Crippen molar-refractivity contribution in [2.24, 2.45) is 0 Å². The van der Waals surface area contributed by atoms with Crippen LogP contribution in [-0.2, 0) is 0 Å². The Kier molecular flexibility index (Phi) is 4.25. The topological polar surface area (TPSA) is 75.3 Å².